The van der Waals surface area contributed by atoms with Gasteiger partial charge in [0.25, 0.3) is 0 Å². The molecule has 13 aromatic carbocycles. The number of rotatable bonds is 9. The maximum atomic E-state index is 3.57. The Bertz CT molecular complexity index is 4750. The van der Waals surface area contributed by atoms with Crippen molar-refractivity contribution < 1.29 is 0 Å². The van der Waals surface area contributed by atoms with Gasteiger partial charge >= 0.3 is 0 Å². The lowest BCUT2D eigenvalue weighted by Gasteiger charge is -2.20. The van der Waals surface area contributed by atoms with Crippen LogP contribution in [0, 0.1) is 0 Å². The molecule has 0 amide bonds. The van der Waals surface area contributed by atoms with E-state index in [4.69, 9.17) is 0 Å². The van der Waals surface area contributed by atoms with Crippen LogP contribution in [0.3, 0.4) is 0 Å². The van der Waals surface area contributed by atoms with Gasteiger partial charge in [0.15, 0.2) is 0 Å². The number of nitrogens with zero attached hydrogens (tertiary/aromatic N) is 1. The molecule has 2 nitrogen and oxygen atoms in total. The van der Waals surface area contributed by atoms with Crippen molar-refractivity contribution in [1.29, 1.82) is 0 Å². The molecule has 0 atom stereocenters. The first-order valence-corrected chi connectivity index (χ1v) is 27.2. The molecule has 0 saturated heterocycles. The molecule has 0 saturated carbocycles. The third-order valence-electron chi connectivity index (χ3n) is 16.4. The lowest BCUT2D eigenvalue weighted by molar-refractivity contribution is 0.827. The van der Waals surface area contributed by atoms with Gasteiger partial charge in [0.1, 0.15) is 0 Å². The lowest BCUT2D eigenvalue weighted by Crippen LogP contribution is -1.93. The minimum Gasteiger partial charge on any atom is -0.355 e. The topological polar surface area (TPSA) is 20.7 Å². The van der Waals surface area contributed by atoms with Crippen molar-refractivity contribution in [2.24, 2.45) is 0 Å². The molecule has 78 heavy (non-hydrogen) atoms. The van der Waals surface area contributed by atoms with Gasteiger partial charge in [-0.2, -0.15) is 0 Å². The first-order valence-electron chi connectivity index (χ1n) is 27.2. The molecule has 1 N–H and O–H groups in total. The number of aryl methyl sites for hydroxylation is 1. The quantitative estimate of drug-likeness (QED) is 0.139. The van der Waals surface area contributed by atoms with E-state index in [0.29, 0.717) is 0 Å². The third kappa shape index (κ3) is 7.72. The number of benzene rings is 13. The normalized spacial score (nSPS) is 11.7. The molecule has 0 bridgehead atoms. The van der Waals surface area contributed by atoms with E-state index >= 15 is 0 Å². The second-order valence-electron chi connectivity index (χ2n) is 20.7. The second-order valence-corrected chi connectivity index (χ2v) is 20.7. The summed E-state index contributed by atoms with van der Waals surface area (Å²) in [5, 5.41) is 10.0. The van der Waals surface area contributed by atoms with Gasteiger partial charge in [-0.15, -0.1) is 0 Å². The van der Waals surface area contributed by atoms with Crippen LogP contribution in [-0.4, -0.2) is 9.55 Å². The van der Waals surface area contributed by atoms with Crippen molar-refractivity contribution in [2.75, 3.05) is 0 Å². The monoisotopic (exact) mass is 992 g/mol. The van der Waals surface area contributed by atoms with E-state index in [-0.39, 0.29) is 0 Å². The highest BCUT2D eigenvalue weighted by atomic mass is 15.0. The molecule has 2 heteroatoms. The maximum Gasteiger partial charge on any atom is 0.0491 e. The Balaban J connectivity index is 0.821. The van der Waals surface area contributed by atoms with Crippen molar-refractivity contribution in [3.8, 4) is 89.0 Å². The SMILES string of the molecule is CCn1c2ccccc2c2cc(-c3ccc(-c4ccc(-c5c6ccc(-c7ccccc7)cc6c(-c6ccc(-c7ccc(-c8ccc9[nH]c%10ccccc%10c9c8)cc7)cc6)c6ccc(-c7ccccc7)cc56)cc4)cc3)ccc21. The Morgan fingerprint density at radius 3 is 1.06 bits per heavy atom. The molecule has 0 aliphatic carbocycles. The highest BCUT2D eigenvalue weighted by Crippen LogP contribution is 2.47. The van der Waals surface area contributed by atoms with Gasteiger partial charge in [-0.1, -0.05) is 231 Å². The maximum absolute atomic E-state index is 3.57. The molecule has 2 aromatic heterocycles. The average Bonchev–Trinajstić information content (AvgIpc) is 4.19. The summed E-state index contributed by atoms with van der Waals surface area (Å²) in [6, 6.07) is 103. The highest BCUT2D eigenvalue weighted by molar-refractivity contribution is 6.23. The van der Waals surface area contributed by atoms with E-state index in [1.165, 1.54) is 149 Å². The average molecular weight is 993 g/mol. The smallest absolute Gasteiger partial charge is 0.0491 e. The van der Waals surface area contributed by atoms with E-state index in [9.17, 15) is 0 Å². The summed E-state index contributed by atoms with van der Waals surface area (Å²) in [7, 11) is 0. The Morgan fingerprint density at radius 2 is 0.564 bits per heavy atom. The lowest BCUT2D eigenvalue weighted by atomic mass is 9.83. The number of aromatic nitrogens is 2. The van der Waals surface area contributed by atoms with E-state index in [2.05, 4.69) is 296 Å². The number of hydrogen-bond donors (Lipinski definition) is 1. The summed E-state index contributed by atoms with van der Waals surface area (Å²) < 4.78 is 2.41. The Kier molecular flexibility index (Phi) is 10.9. The summed E-state index contributed by atoms with van der Waals surface area (Å²) in [5.74, 6) is 0. The Morgan fingerprint density at radius 1 is 0.231 bits per heavy atom. The minimum absolute atomic E-state index is 0.942. The number of hydrogen-bond acceptors (Lipinski definition) is 0. The van der Waals surface area contributed by atoms with E-state index in [0.717, 1.165) is 12.1 Å². The largest absolute Gasteiger partial charge is 0.355 e. The fourth-order valence-corrected chi connectivity index (χ4v) is 12.4. The van der Waals surface area contributed by atoms with Crippen LogP contribution in [0.25, 0.3) is 154 Å². The van der Waals surface area contributed by atoms with Crippen LogP contribution < -0.4 is 0 Å². The molecule has 0 spiro atoms. The van der Waals surface area contributed by atoms with Gasteiger partial charge in [-0.3, -0.25) is 0 Å². The van der Waals surface area contributed by atoms with Crippen molar-refractivity contribution in [3.05, 3.63) is 279 Å². The van der Waals surface area contributed by atoms with E-state index in [1.807, 2.05) is 0 Å². The van der Waals surface area contributed by atoms with Crippen LogP contribution in [0.15, 0.2) is 279 Å². The first-order chi connectivity index (χ1) is 38.6. The zero-order valence-electron chi connectivity index (χ0n) is 43.2. The van der Waals surface area contributed by atoms with Crippen LogP contribution in [-0.2, 0) is 6.54 Å². The fourth-order valence-electron chi connectivity index (χ4n) is 12.4. The second kappa shape index (κ2) is 18.7. The van der Waals surface area contributed by atoms with Gasteiger partial charge in [0, 0.05) is 50.2 Å². The zero-order valence-corrected chi connectivity index (χ0v) is 43.2. The van der Waals surface area contributed by atoms with Crippen molar-refractivity contribution in [3.63, 3.8) is 0 Å². The van der Waals surface area contributed by atoms with Crippen LogP contribution in [0.1, 0.15) is 6.92 Å². The molecule has 15 rings (SSSR count). The van der Waals surface area contributed by atoms with Gasteiger partial charge in [-0.05, 0) is 166 Å². The third-order valence-corrected chi connectivity index (χ3v) is 16.4. The predicted octanol–water partition coefficient (Wildman–Crippen LogP) is 21.1. The summed E-state index contributed by atoms with van der Waals surface area (Å²) in [5.41, 5.74) is 24.2. The van der Waals surface area contributed by atoms with Gasteiger partial charge in [0.2, 0.25) is 0 Å². The standard InChI is InChI=1S/C76H52N2/c1-2-78-73-20-12-10-18-64(73)68-46-62(40-44-74(68)78)56-27-23-52(24-28-56)54-31-35-58(36-32-54)76-66-42-38-59(49-13-5-3-6-14-49)47-69(66)75(65-41-37-60(48-70(65)76)50-15-7-4-8-16-50)57-33-29-53(30-34-57)51-21-25-55(26-22-51)61-39-43-72-67(45-61)63-17-9-11-19-71(63)77-72/h3-48,77H,2H2,1H3. The first kappa shape index (κ1) is 45.4. The van der Waals surface area contributed by atoms with Crippen LogP contribution >= 0.6 is 0 Å². The van der Waals surface area contributed by atoms with Gasteiger partial charge in [0.05, 0.1) is 0 Å². The summed E-state index contributed by atoms with van der Waals surface area (Å²) in [4.78, 5) is 3.57. The van der Waals surface area contributed by atoms with E-state index < -0.39 is 0 Å². The fraction of sp³-hybridized carbons (Fsp3) is 0.0263. The van der Waals surface area contributed by atoms with Gasteiger partial charge in [-0.25, -0.2) is 0 Å². The van der Waals surface area contributed by atoms with Gasteiger partial charge < -0.3 is 9.55 Å². The summed E-state index contributed by atoms with van der Waals surface area (Å²) in [6.45, 7) is 3.17. The molecule has 0 fully saturated rings. The van der Waals surface area contributed by atoms with E-state index in [1.54, 1.807) is 0 Å². The number of aromatic amines is 1. The van der Waals surface area contributed by atoms with Crippen molar-refractivity contribution >= 4 is 65.2 Å². The molecule has 366 valence electrons. The van der Waals surface area contributed by atoms with Crippen LogP contribution in [0.4, 0.5) is 0 Å². The number of H-pyrrole nitrogens is 1. The highest BCUT2D eigenvalue weighted by Gasteiger charge is 2.20. The molecule has 15 aromatic rings. The molecular weight excluding hydrogens is 941 g/mol. The number of nitrogens with one attached hydrogen (secondary N) is 1. The molecule has 0 unspecified atom stereocenters. The predicted molar refractivity (Wildman–Crippen MR) is 333 cm³/mol. The molecule has 0 aliphatic heterocycles. The Hall–Kier alpha value is -10.0. The van der Waals surface area contributed by atoms with Crippen molar-refractivity contribution in [2.45, 2.75) is 13.5 Å². The summed E-state index contributed by atoms with van der Waals surface area (Å²) in [6.07, 6.45) is 0. The molecule has 0 radical (unpaired) electrons. The molecule has 0 aliphatic rings. The van der Waals surface area contributed by atoms with Crippen LogP contribution in [0.5, 0.6) is 0 Å². The number of fused-ring (bicyclic) bond motifs is 8. The van der Waals surface area contributed by atoms with Crippen LogP contribution in [0.2, 0.25) is 0 Å². The minimum atomic E-state index is 0.942. The molecule has 2 heterocycles. The Labute approximate surface area is 453 Å². The zero-order chi connectivity index (χ0) is 51.7. The number of para-hydroxylation sites is 2. The van der Waals surface area contributed by atoms with Crippen molar-refractivity contribution in [1.82, 2.24) is 9.55 Å². The molecular formula is C76H52N2. The summed E-state index contributed by atoms with van der Waals surface area (Å²) >= 11 is 0.